The smallest absolute Gasteiger partial charge is 0.0811 e. The molecule has 2 aliphatic heterocycles. The number of rotatable bonds is 1. The Morgan fingerprint density at radius 3 is 2.88 bits per heavy atom. The number of hydrogen-bond donors (Lipinski definition) is 1. The van der Waals surface area contributed by atoms with Crippen molar-refractivity contribution in [2.75, 3.05) is 13.1 Å². The van der Waals surface area contributed by atoms with Crippen LogP contribution in [0, 0.1) is 5.92 Å². The van der Waals surface area contributed by atoms with Crippen LogP contribution in [-0.4, -0.2) is 34.7 Å². The van der Waals surface area contributed by atoms with Gasteiger partial charge in [-0.05, 0) is 38.6 Å². The Balaban J connectivity index is 2.15. The Morgan fingerprint density at radius 2 is 2.19 bits per heavy atom. The molecule has 0 aliphatic carbocycles. The molecule has 92 valence electrons. The fourth-order valence-corrected chi connectivity index (χ4v) is 3.36. The summed E-state index contributed by atoms with van der Waals surface area (Å²) in [5.41, 5.74) is 0.914. The number of hydrogen-bond acceptors (Lipinski definition) is 2. The monoisotopic (exact) mass is 223 g/mol. The topological polar surface area (TPSA) is 23.5 Å². The van der Waals surface area contributed by atoms with E-state index in [2.05, 4.69) is 24.8 Å². The van der Waals surface area contributed by atoms with Gasteiger partial charge in [-0.1, -0.05) is 31.9 Å². The summed E-state index contributed by atoms with van der Waals surface area (Å²) in [4.78, 5) is 2.49. The van der Waals surface area contributed by atoms with Crippen molar-refractivity contribution in [1.29, 1.82) is 0 Å². The van der Waals surface area contributed by atoms with Crippen LogP contribution in [0.3, 0.4) is 0 Å². The quantitative estimate of drug-likeness (QED) is 0.691. The molecule has 0 aromatic carbocycles. The standard InChI is InChI=1S/C14H25NO/c1-11(2)8-12-9-14(3,16)13-6-4-5-7-15(13)10-12/h8,11,13,16H,4-7,9-10H2,1-3H3/b12-8+/t13-,14-/m1/s1. The van der Waals surface area contributed by atoms with Crippen LogP contribution in [0.4, 0.5) is 0 Å². The van der Waals surface area contributed by atoms with Gasteiger partial charge in [0.2, 0.25) is 0 Å². The summed E-state index contributed by atoms with van der Waals surface area (Å²) in [7, 11) is 0. The first-order chi connectivity index (χ1) is 7.49. The summed E-state index contributed by atoms with van der Waals surface area (Å²) < 4.78 is 0. The highest BCUT2D eigenvalue weighted by Gasteiger charge is 2.41. The van der Waals surface area contributed by atoms with Crippen molar-refractivity contribution in [2.45, 2.75) is 58.1 Å². The third kappa shape index (κ3) is 2.49. The summed E-state index contributed by atoms with van der Waals surface area (Å²) in [6.45, 7) is 8.69. The van der Waals surface area contributed by atoms with Crippen molar-refractivity contribution in [3.8, 4) is 0 Å². The normalized spacial score (nSPS) is 39.1. The van der Waals surface area contributed by atoms with E-state index in [-0.39, 0.29) is 0 Å². The molecule has 2 aliphatic rings. The third-order valence-corrected chi connectivity index (χ3v) is 3.89. The fraction of sp³-hybridized carbons (Fsp3) is 0.857. The molecule has 2 nitrogen and oxygen atoms in total. The lowest BCUT2D eigenvalue weighted by Crippen LogP contribution is -2.57. The van der Waals surface area contributed by atoms with Crippen molar-refractivity contribution in [2.24, 2.45) is 5.92 Å². The second kappa shape index (κ2) is 4.50. The van der Waals surface area contributed by atoms with Gasteiger partial charge >= 0.3 is 0 Å². The summed E-state index contributed by atoms with van der Waals surface area (Å²) >= 11 is 0. The Bertz CT molecular complexity index is 280. The fourth-order valence-electron chi connectivity index (χ4n) is 3.36. The molecule has 2 fully saturated rings. The average Bonchev–Trinajstić information content (AvgIpc) is 2.15. The van der Waals surface area contributed by atoms with Gasteiger partial charge in [-0.3, -0.25) is 4.90 Å². The van der Waals surface area contributed by atoms with E-state index in [0.717, 1.165) is 19.5 Å². The minimum absolute atomic E-state index is 0.394. The maximum atomic E-state index is 10.6. The Hall–Kier alpha value is -0.340. The highest BCUT2D eigenvalue weighted by Crippen LogP contribution is 2.36. The molecule has 16 heavy (non-hydrogen) atoms. The molecular formula is C14H25NO. The van der Waals surface area contributed by atoms with Gasteiger partial charge in [0.1, 0.15) is 0 Å². The number of nitrogens with zero attached hydrogens (tertiary/aromatic N) is 1. The number of aliphatic hydroxyl groups is 1. The highest BCUT2D eigenvalue weighted by atomic mass is 16.3. The Morgan fingerprint density at radius 1 is 1.44 bits per heavy atom. The first-order valence-electron chi connectivity index (χ1n) is 6.65. The molecule has 0 bridgehead atoms. The summed E-state index contributed by atoms with van der Waals surface area (Å²) in [5.74, 6) is 0.590. The molecule has 1 N–H and O–H groups in total. The predicted molar refractivity (Wildman–Crippen MR) is 67.4 cm³/mol. The van der Waals surface area contributed by atoms with Crippen LogP contribution in [0.1, 0.15) is 46.5 Å². The van der Waals surface area contributed by atoms with E-state index in [9.17, 15) is 5.11 Å². The summed E-state index contributed by atoms with van der Waals surface area (Å²) in [6.07, 6.45) is 6.94. The van der Waals surface area contributed by atoms with E-state index in [1.807, 2.05) is 6.92 Å². The largest absolute Gasteiger partial charge is 0.388 e. The SMILES string of the molecule is CC(C)/C=C1/CN2CCCC[C@@H]2[C@](C)(O)C1. The van der Waals surface area contributed by atoms with Crippen molar-refractivity contribution >= 4 is 0 Å². The molecule has 2 heteroatoms. The molecule has 2 atom stereocenters. The van der Waals surface area contributed by atoms with Gasteiger partial charge in [0.25, 0.3) is 0 Å². The van der Waals surface area contributed by atoms with Crippen molar-refractivity contribution < 1.29 is 5.11 Å². The van der Waals surface area contributed by atoms with Crippen LogP contribution in [0.15, 0.2) is 11.6 Å². The minimum atomic E-state index is -0.514. The second-order valence-corrected chi connectivity index (χ2v) is 6.08. The van der Waals surface area contributed by atoms with Crippen molar-refractivity contribution in [3.63, 3.8) is 0 Å². The number of piperidine rings is 2. The molecule has 2 saturated heterocycles. The van der Waals surface area contributed by atoms with Gasteiger partial charge in [0, 0.05) is 12.6 Å². The zero-order chi connectivity index (χ0) is 11.8. The van der Waals surface area contributed by atoms with Crippen LogP contribution in [0.25, 0.3) is 0 Å². The third-order valence-electron chi connectivity index (χ3n) is 3.89. The van der Waals surface area contributed by atoms with Gasteiger partial charge < -0.3 is 5.11 Å². The average molecular weight is 223 g/mol. The second-order valence-electron chi connectivity index (χ2n) is 6.08. The van der Waals surface area contributed by atoms with Gasteiger partial charge in [0.05, 0.1) is 5.60 Å². The predicted octanol–water partition coefficient (Wildman–Crippen LogP) is 2.58. The molecule has 0 saturated carbocycles. The molecule has 2 heterocycles. The first kappa shape index (κ1) is 12.1. The first-order valence-corrected chi connectivity index (χ1v) is 6.65. The van der Waals surface area contributed by atoms with Crippen LogP contribution in [0.2, 0.25) is 0 Å². The molecular weight excluding hydrogens is 198 g/mol. The molecule has 0 aromatic heterocycles. The minimum Gasteiger partial charge on any atom is -0.388 e. The maximum absolute atomic E-state index is 10.6. The molecule has 2 rings (SSSR count). The van der Waals surface area contributed by atoms with E-state index < -0.39 is 5.60 Å². The lowest BCUT2D eigenvalue weighted by atomic mass is 9.78. The summed E-state index contributed by atoms with van der Waals surface area (Å²) in [5, 5.41) is 10.6. The zero-order valence-corrected chi connectivity index (χ0v) is 10.9. The number of allylic oxidation sites excluding steroid dienone is 1. The Kier molecular flexibility index (Phi) is 3.41. The summed E-state index contributed by atoms with van der Waals surface area (Å²) in [6, 6.07) is 0.394. The van der Waals surface area contributed by atoms with Crippen LogP contribution < -0.4 is 0 Å². The van der Waals surface area contributed by atoms with Gasteiger partial charge in [0.15, 0.2) is 0 Å². The zero-order valence-electron chi connectivity index (χ0n) is 10.9. The molecule has 0 unspecified atom stereocenters. The van der Waals surface area contributed by atoms with Crippen LogP contribution in [0.5, 0.6) is 0 Å². The molecule has 0 amide bonds. The van der Waals surface area contributed by atoms with Gasteiger partial charge in [-0.25, -0.2) is 0 Å². The van der Waals surface area contributed by atoms with E-state index in [4.69, 9.17) is 0 Å². The van der Waals surface area contributed by atoms with Crippen molar-refractivity contribution in [1.82, 2.24) is 4.90 Å². The molecule has 0 aromatic rings. The highest BCUT2D eigenvalue weighted by molar-refractivity contribution is 5.16. The van der Waals surface area contributed by atoms with Gasteiger partial charge in [-0.2, -0.15) is 0 Å². The lowest BCUT2D eigenvalue weighted by molar-refractivity contribution is -0.0641. The Labute approximate surface area is 99.3 Å². The number of fused-ring (bicyclic) bond motifs is 1. The van der Waals surface area contributed by atoms with E-state index in [1.165, 1.54) is 24.8 Å². The van der Waals surface area contributed by atoms with Crippen LogP contribution in [-0.2, 0) is 0 Å². The maximum Gasteiger partial charge on any atom is 0.0811 e. The van der Waals surface area contributed by atoms with E-state index >= 15 is 0 Å². The van der Waals surface area contributed by atoms with E-state index in [0.29, 0.717) is 12.0 Å². The van der Waals surface area contributed by atoms with Crippen molar-refractivity contribution in [3.05, 3.63) is 11.6 Å². The molecule has 0 spiro atoms. The lowest BCUT2D eigenvalue weighted by Gasteiger charge is -2.49. The van der Waals surface area contributed by atoms with Gasteiger partial charge in [-0.15, -0.1) is 0 Å². The van der Waals surface area contributed by atoms with E-state index in [1.54, 1.807) is 0 Å². The van der Waals surface area contributed by atoms with Crippen LogP contribution >= 0.6 is 0 Å². The molecule has 0 radical (unpaired) electrons.